The fourth-order valence-electron chi connectivity index (χ4n) is 2.45. The van der Waals surface area contributed by atoms with Crippen LogP contribution in [0.1, 0.15) is 12.2 Å². The molecule has 0 fully saturated rings. The highest BCUT2D eigenvalue weighted by Gasteiger charge is 2.21. The fraction of sp³-hybridized carbons (Fsp3) is 0.357. The lowest BCUT2D eigenvalue weighted by Gasteiger charge is -2.23. The van der Waals surface area contributed by atoms with Gasteiger partial charge in [-0.15, -0.1) is 11.8 Å². The molecule has 2 N–H and O–H groups in total. The molecule has 0 spiro atoms. The van der Waals surface area contributed by atoms with Gasteiger partial charge in [0.2, 0.25) is 0 Å². The standard InChI is InChI=1S/C14H16ClN5OS/c1-22-12-4-2-9(6-11(12)15)18-14(21)19-10-3-5-13-16-8-17-20(13)7-10/h2,4,6,8,10H,3,5,7H2,1H3,(H2,18,19,21)/t10-/m0/s1. The molecule has 1 aromatic carbocycles. The Kier molecular flexibility index (Phi) is 4.54. The molecule has 8 heteroatoms. The van der Waals surface area contributed by atoms with E-state index in [1.54, 1.807) is 24.2 Å². The van der Waals surface area contributed by atoms with E-state index in [-0.39, 0.29) is 12.1 Å². The molecule has 0 saturated carbocycles. The number of nitrogens with one attached hydrogen (secondary N) is 2. The molecular formula is C14H16ClN5OS. The number of hydrogen-bond donors (Lipinski definition) is 2. The Morgan fingerprint density at radius 2 is 2.36 bits per heavy atom. The highest BCUT2D eigenvalue weighted by atomic mass is 35.5. The third-order valence-corrected chi connectivity index (χ3v) is 4.77. The van der Waals surface area contributed by atoms with Gasteiger partial charge in [-0.3, -0.25) is 0 Å². The van der Waals surface area contributed by atoms with E-state index >= 15 is 0 Å². The molecule has 0 bridgehead atoms. The first-order valence-electron chi connectivity index (χ1n) is 6.93. The van der Waals surface area contributed by atoms with Crippen molar-refractivity contribution in [2.45, 2.75) is 30.3 Å². The lowest BCUT2D eigenvalue weighted by atomic mass is 10.1. The van der Waals surface area contributed by atoms with Crippen LogP contribution in [0.5, 0.6) is 0 Å². The molecule has 0 unspecified atom stereocenters. The van der Waals surface area contributed by atoms with Gasteiger partial charge in [-0.25, -0.2) is 14.5 Å². The molecule has 2 amide bonds. The first-order valence-corrected chi connectivity index (χ1v) is 8.53. The fourth-order valence-corrected chi connectivity index (χ4v) is 3.32. The Balaban J connectivity index is 1.58. The van der Waals surface area contributed by atoms with Crippen molar-refractivity contribution in [3.63, 3.8) is 0 Å². The number of thioether (sulfide) groups is 1. The first-order chi connectivity index (χ1) is 10.7. The predicted molar refractivity (Wildman–Crippen MR) is 87.5 cm³/mol. The summed E-state index contributed by atoms with van der Waals surface area (Å²) < 4.78 is 1.83. The smallest absolute Gasteiger partial charge is 0.319 e. The van der Waals surface area contributed by atoms with Gasteiger partial charge in [0.05, 0.1) is 17.6 Å². The summed E-state index contributed by atoms with van der Waals surface area (Å²) in [5, 5.41) is 10.5. The molecule has 1 aliphatic rings. The van der Waals surface area contributed by atoms with Crippen LogP contribution in [0, 0.1) is 0 Å². The number of hydrogen-bond acceptors (Lipinski definition) is 4. The number of urea groups is 1. The van der Waals surface area contributed by atoms with Crippen molar-refractivity contribution in [1.29, 1.82) is 0 Å². The number of aryl methyl sites for hydroxylation is 1. The summed E-state index contributed by atoms with van der Waals surface area (Å²) in [6.07, 6.45) is 5.19. The van der Waals surface area contributed by atoms with E-state index in [0.717, 1.165) is 23.6 Å². The summed E-state index contributed by atoms with van der Waals surface area (Å²) in [5.41, 5.74) is 0.678. The Morgan fingerprint density at radius 3 is 3.14 bits per heavy atom. The maximum atomic E-state index is 12.1. The van der Waals surface area contributed by atoms with Gasteiger partial charge in [0.15, 0.2) is 0 Å². The van der Waals surface area contributed by atoms with Crippen LogP contribution in [-0.4, -0.2) is 33.1 Å². The molecule has 0 radical (unpaired) electrons. The number of amides is 2. The van der Waals surface area contributed by atoms with E-state index in [9.17, 15) is 4.79 Å². The van der Waals surface area contributed by atoms with Gasteiger partial charge in [0, 0.05) is 17.0 Å². The van der Waals surface area contributed by atoms with Crippen LogP contribution < -0.4 is 10.6 Å². The quantitative estimate of drug-likeness (QED) is 0.845. The van der Waals surface area contributed by atoms with Gasteiger partial charge in [0.25, 0.3) is 0 Å². The number of halogens is 1. The van der Waals surface area contributed by atoms with Crippen molar-refractivity contribution >= 4 is 35.1 Å². The topological polar surface area (TPSA) is 71.8 Å². The lowest BCUT2D eigenvalue weighted by Crippen LogP contribution is -2.43. The Labute approximate surface area is 137 Å². The summed E-state index contributed by atoms with van der Waals surface area (Å²) in [6, 6.07) is 5.30. The summed E-state index contributed by atoms with van der Waals surface area (Å²) in [4.78, 5) is 17.2. The molecule has 3 rings (SSSR count). The van der Waals surface area contributed by atoms with Crippen molar-refractivity contribution < 1.29 is 4.79 Å². The molecule has 22 heavy (non-hydrogen) atoms. The van der Waals surface area contributed by atoms with Crippen molar-refractivity contribution in [1.82, 2.24) is 20.1 Å². The highest BCUT2D eigenvalue weighted by Crippen LogP contribution is 2.27. The average Bonchev–Trinajstić information content (AvgIpc) is 2.95. The highest BCUT2D eigenvalue weighted by molar-refractivity contribution is 7.98. The van der Waals surface area contributed by atoms with Crippen molar-refractivity contribution in [2.75, 3.05) is 11.6 Å². The molecule has 1 aromatic heterocycles. The number of carbonyl (C=O) groups is 1. The van der Waals surface area contributed by atoms with Crippen LogP contribution in [0.3, 0.4) is 0 Å². The van der Waals surface area contributed by atoms with Gasteiger partial charge in [-0.1, -0.05) is 11.6 Å². The number of nitrogens with zero attached hydrogens (tertiary/aromatic N) is 3. The Bertz CT molecular complexity index is 690. The van der Waals surface area contributed by atoms with Crippen LogP contribution >= 0.6 is 23.4 Å². The first kappa shape index (κ1) is 15.2. The predicted octanol–water partition coefficient (Wildman–Crippen LogP) is 2.79. The monoisotopic (exact) mass is 337 g/mol. The van der Waals surface area contributed by atoms with Gasteiger partial charge in [-0.05, 0) is 30.9 Å². The second kappa shape index (κ2) is 6.58. The van der Waals surface area contributed by atoms with Crippen LogP contribution in [-0.2, 0) is 13.0 Å². The molecule has 0 aliphatic carbocycles. The maximum absolute atomic E-state index is 12.1. The molecule has 6 nitrogen and oxygen atoms in total. The Hall–Kier alpha value is -1.73. The number of benzene rings is 1. The number of anilines is 1. The van der Waals surface area contributed by atoms with Crippen molar-refractivity contribution in [2.24, 2.45) is 0 Å². The SMILES string of the molecule is CSc1ccc(NC(=O)N[C@H]2CCc3ncnn3C2)cc1Cl. The molecule has 1 aliphatic heterocycles. The molecule has 0 saturated heterocycles. The van der Waals surface area contributed by atoms with E-state index in [1.807, 2.05) is 23.1 Å². The third kappa shape index (κ3) is 3.36. The summed E-state index contributed by atoms with van der Waals surface area (Å²) in [7, 11) is 0. The van der Waals surface area contributed by atoms with Gasteiger partial charge < -0.3 is 10.6 Å². The molecule has 2 heterocycles. The number of carbonyl (C=O) groups excluding carboxylic acids is 1. The second-order valence-electron chi connectivity index (χ2n) is 5.04. The number of fused-ring (bicyclic) bond motifs is 1. The van der Waals surface area contributed by atoms with E-state index in [1.165, 1.54) is 0 Å². The van der Waals surface area contributed by atoms with E-state index in [2.05, 4.69) is 20.7 Å². The lowest BCUT2D eigenvalue weighted by molar-refractivity contribution is 0.243. The minimum atomic E-state index is -0.235. The maximum Gasteiger partial charge on any atom is 0.319 e. The second-order valence-corrected chi connectivity index (χ2v) is 6.30. The van der Waals surface area contributed by atoms with Gasteiger partial charge >= 0.3 is 6.03 Å². The minimum Gasteiger partial charge on any atom is -0.333 e. The number of aromatic nitrogens is 3. The van der Waals surface area contributed by atoms with Crippen LogP contribution in [0.25, 0.3) is 0 Å². The Morgan fingerprint density at radius 1 is 1.50 bits per heavy atom. The molecular weight excluding hydrogens is 322 g/mol. The molecule has 2 aromatic rings. The van der Waals surface area contributed by atoms with Crippen LogP contribution in [0.2, 0.25) is 5.02 Å². The largest absolute Gasteiger partial charge is 0.333 e. The van der Waals surface area contributed by atoms with Gasteiger partial charge in [0.1, 0.15) is 12.2 Å². The van der Waals surface area contributed by atoms with Crippen molar-refractivity contribution in [3.05, 3.63) is 35.4 Å². The van der Waals surface area contributed by atoms with Gasteiger partial charge in [-0.2, -0.15) is 5.10 Å². The number of rotatable bonds is 3. The van der Waals surface area contributed by atoms with Crippen LogP contribution in [0.4, 0.5) is 10.5 Å². The zero-order chi connectivity index (χ0) is 15.5. The molecule has 1 atom stereocenters. The average molecular weight is 338 g/mol. The minimum absolute atomic E-state index is 0.0511. The van der Waals surface area contributed by atoms with Crippen molar-refractivity contribution in [3.8, 4) is 0 Å². The third-order valence-electron chi connectivity index (χ3n) is 3.55. The summed E-state index contributed by atoms with van der Waals surface area (Å²) in [5.74, 6) is 0.970. The van der Waals surface area contributed by atoms with E-state index < -0.39 is 0 Å². The van der Waals surface area contributed by atoms with E-state index in [0.29, 0.717) is 17.3 Å². The summed E-state index contributed by atoms with van der Waals surface area (Å²) in [6.45, 7) is 0.648. The molecule has 116 valence electrons. The normalized spacial score (nSPS) is 16.9. The zero-order valence-corrected chi connectivity index (χ0v) is 13.6. The van der Waals surface area contributed by atoms with E-state index in [4.69, 9.17) is 11.6 Å². The summed E-state index contributed by atoms with van der Waals surface area (Å²) >= 11 is 7.71. The zero-order valence-electron chi connectivity index (χ0n) is 12.0. The van der Waals surface area contributed by atoms with Crippen LogP contribution in [0.15, 0.2) is 29.4 Å².